The standard InChI is InChI=1S/C28H31.C27H29.C2H6Si.2ClH.Zr/c1-3-19-13-24-8-18(2)9-26(27(24)14-19)23-4-6-25(7-5-23)28-15-20-10-21(16-28)12-22(11-20)17-28;1-17-7-23-8-18(2)10-26(23)25(9-17)22-3-5-24(6-4-22)27-14-19-11-20(15-27)13-21(12-19)16-27;1-3-2;;;/h4-9,13-14,20-22H,3,10-12,15-17H2,1-2H3;3-10,19-21H,11-16H2,1-2H3;1-2H3;2*1H;/q2*-1;;;;+2/p-2. The van der Waals surface area contributed by atoms with Crippen molar-refractivity contribution in [1.29, 1.82) is 0 Å². The van der Waals surface area contributed by atoms with Crippen LogP contribution in [-0.4, -0.2) is 5.43 Å². The van der Waals surface area contributed by atoms with E-state index in [1.165, 1.54) is 143 Å². The molecule has 6 aromatic carbocycles. The van der Waals surface area contributed by atoms with E-state index in [1.807, 2.05) is 0 Å². The van der Waals surface area contributed by atoms with Gasteiger partial charge in [0.1, 0.15) is 0 Å². The Morgan fingerprint density at radius 3 is 1.23 bits per heavy atom. The summed E-state index contributed by atoms with van der Waals surface area (Å²) in [7, 11) is 0. The normalized spacial score (nSPS) is 28.7. The summed E-state index contributed by atoms with van der Waals surface area (Å²) in [5.41, 5.74) is 15.6. The molecule has 0 atom stereocenters. The molecule has 0 saturated heterocycles. The molecular weight excluding hydrogens is 875 g/mol. The van der Waals surface area contributed by atoms with Crippen molar-refractivity contribution in [1.82, 2.24) is 0 Å². The van der Waals surface area contributed by atoms with Crippen LogP contribution in [0.4, 0.5) is 0 Å². The first-order chi connectivity index (χ1) is 28.4. The number of hydrogen-bond donors (Lipinski definition) is 0. The summed E-state index contributed by atoms with van der Waals surface area (Å²) in [5, 5.41) is 5.61. The number of benzene rings is 4. The van der Waals surface area contributed by atoms with E-state index in [2.05, 4.69) is 138 Å². The van der Waals surface area contributed by atoms with E-state index in [1.54, 1.807) is 34.5 Å². The zero-order valence-corrected chi connectivity index (χ0v) is 42.6. The molecule has 0 radical (unpaired) electrons. The number of hydrogen-bond acceptors (Lipinski definition) is 0. The Bertz CT molecular complexity index is 2440. The van der Waals surface area contributed by atoms with Gasteiger partial charge in [0, 0.05) is 0 Å². The minimum Gasteiger partial charge on any atom is -1.00 e. The molecule has 0 aliphatic heterocycles. The third kappa shape index (κ3) is 8.94. The summed E-state index contributed by atoms with van der Waals surface area (Å²) in [6.07, 6.45) is 19.0. The first-order valence-electron chi connectivity index (χ1n) is 23.5. The van der Waals surface area contributed by atoms with E-state index in [4.69, 9.17) is 0 Å². The number of rotatable bonds is 5. The largest absolute Gasteiger partial charge is 1.00 e. The molecule has 0 heterocycles. The molecule has 0 nitrogen and oxygen atoms in total. The predicted molar refractivity (Wildman–Crippen MR) is 251 cm³/mol. The molecule has 0 aromatic heterocycles. The SMILES string of the molecule is CCc1cc2c(-c3ccc(C45CC6CC(CC(C6)C4)C5)cc3)cc(C)cc2[cH-]1.C[Si](C)=[Zr+2].Cc1cc(-c2ccc(C34CC5CC(CC(C5)C3)C4)cc2)c2cc(C)[cH-]c2c1.[Cl-].[Cl-]. The van der Waals surface area contributed by atoms with Crippen LogP contribution in [0.2, 0.25) is 13.1 Å². The van der Waals surface area contributed by atoms with Crippen LogP contribution < -0.4 is 24.8 Å². The van der Waals surface area contributed by atoms with Crippen molar-refractivity contribution in [3.63, 3.8) is 0 Å². The van der Waals surface area contributed by atoms with E-state index >= 15 is 0 Å². The van der Waals surface area contributed by atoms with Gasteiger partial charge in [0.25, 0.3) is 0 Å². The quantitative estimate of drug-likeness (QED) is 0.119. The van der Waals surface area contributed by atoms with Gasteiger partial charge in [-0.1, -0.05) is 96.8 Å². The Kier molecular flexibility index (Phi) is 13.4. The maximum Gasteiger partial charge on any atom is -0.00391 e. The summed E-state index contributed by atoms with van der Waals surface area (Å²) in [6.45, 7) is 13.5. The van der Waals surface area contributed by atoms with Crippen molar-refractivity contribution in [3.05, 3.63) is 130 Å². The van der Waals surface area contributed by atoms with E-state index in [0.717, 1.165) is 41.9 Å². The molecule has 0 unspecified atom stereocenters. The van der Waals surface area contributed by atoms with E-state index in [0.29, 0.717) is 10.8 Å². The minimum absolute atomic E-state index is 0. The fourth-order valence-electron chi connectivity index (χ4n) is 14.8. The van der Waals surface area contributed by atoms with Crippen LogP contribution in [0.3, 0.4) is 0 Å². The first kappa shape index (κ1) is 45.4. The molecule has 4 heteroatoms. The van der Waals surface area contributed by atoms with E-state index in [9.17, 15) is 0 Å². The molecule has 6 aromatic rings. The van der Waals surface area contributed by atoms with Gasteiger partial charge in [0.05, 0.1) is 0 Å². The van der Waals surface area contributed by atoms with Crippen molar-refractivity contribution < 1.29 is 48.1 Å². The van der Waals surface area contributed by atoms with Crippen LogP contribution in [0.1, 0.15) is 117 Å². The Labute approximate surface area is 395 Å². The Morgan fingerprint density at radius 1 is 0.525 bits per heavy atom. The Hall–Kier alpha value is -2.22. The van der Waals surface area contributed by atoms with Crippen molar-refractivity contribution in [2.24, 2.45) is 35.5 Å². The molecule has 318 valence electrons. The van der Waals surface area contributed by atoms with Gasteiger partial charge in [-0.25, -0.2) is 0 Å². The second-order valence-corrected chi connectivity index (χ2v) is 30.8. The van der Waals surface area contributed by atoms with Gasteiger partial charge in [-0.05, 0) is 166 Å². The number of aryl methyl sites for hydroxylation is 4. The molecule has 8 bridgehead atoms. The van der Waals surface area contributed by atoms with Crippen LogP contribution in [0.25, 0.3) is 43.8 Å². The van der Waals surface area contributed by atoms with Crippen LogP contribution in [0, 0.1) is 56.3 Å². The van der Waals surface area contributed by atoms with Gasteiger partial charge in [-0.3, -0.25) is 0 Å². The van der Waals surface area contributed by atoms with Gasteiger partial charge < -0.3 is 24.8 Å². The zero-order valence-electron chi connectivity index (χ0n) is 37.7. The second-order valence-electron chi connectivity index (χ2n) is 21.4. The Balaban J connectivity index is 0.000000151. The smallest absolute Gasteiger partial charge is 0.00391 e. The average molecular weight is 941 g/mol. The third-order valence-corrected chi connectivity index (χ3v) is 16.2. The second kappa shape index (κ2) is 18.0. The monoisotopic (exact) mass is 938 g/mol. The maximum absolute atomic E-state index is 2.49. The minimum atomic E-state index is 0. The molecule has 8 fully saturated rings. The van der Waals surface area contributed by atoms with Crippen LogP contribution in [-0.2, 0) is 40.6 Å². The fraction of sp³-hybridized carbons (Fsp3) is 0.474. The van der Waals surface area contributed by atoms with Crippen LogP contribution >= 0.6 is 0 Å². The van der Waals surface area contributed by atoms with Crippen LogP contribution in [0.5, 0.6) is 0 Å². The Morgan fingerprint density at radius 2 is 0.869 bits per heavy atom. The third-order valence-electron chi connectivity index (χ3n) is 16.2. The van der Waals surface area contributed by atoms with Crippen molar-refractivity contribution in [3.8, 4) is 22.3 Å². The summed E-state index contributed by atoms with van der Waals surface area (Å²) in [5.74, 6) is 6.08. The zero-order chi connectivity index (χ0) is 40.6. The van der Waals surface area contributed by atoms with Crippen molar-refractivity contribution in [2.45, 2.75) is 135 Å². The molecule has 0 amide bonds. The first-order valence-corrected chi connectivity index (χ1v) is 29.7. The van der Waals surface area contributed by atoms with Gasteiger partial charge in [0.15, 0.2) is 0 Å². The summed E-state index contributed by atoms with van der Waals surface area (Å²) >= 11 is 1.74. The average Bonchev–Trinajstić information content (AvgIpc) is 3.79. The summed E-state index contributed by atoms with van der Waals surface area (Å²) in [6, 6.07) is 38.4. The van der Waals surface area contributed by atoms with Gasteiger partial charge in [-0.15, -0.1) is 56.9 Å². The summed E-state index contributed by atoms with van der Waals surface area (Å²) < 4.78 is 0. The van der Waals surface area contributed by atoms with Crippen LogP contribution in [0.15, 0.2) is 97.1 Å². The van der Waals surface area contributed by atoms with E-state index < -0.39 is 0 Å². The van der Waals surface area contributed by atoms with Crippen molar-refractivity contribution in [2.75, 3.05) is 0 Å². The topological polar surface area (TPSA) is 0 Å². The molecule has 0 N–H and O–H groups in total. The van der Waals surface area contributed by atoms with Gasteiger partial charge in [-0.2, -0.15) is 12.1 Å². The van der Waals surface area contributed by atoms with Gasteiger partial charge >= 0.3 is 41.9 Å². The van der Waals surface area contributed by atoms with Crippen molar-refractivity contribution >= 4 is 27.0 Å². The molecule has 8 saturated carbocycles. The molecule has 0 spiro atoms. The van der Waals surface area contributed by atoms with E-state index in [-0.39, 0.29) is 30.2 Å². The number of fused-ring (bicyclic) bond motifs is 2. The molecule has 8 aliphatic rings. The fourth-order valence-corrected chi connectivity index (χ4v) is 14.8. The molecule has 14 rings (SSSR count). The number of halogens is 2. The molecule has 61 heavy (non-hydrogen) atoms. The molecule has 8 aliphatic carbocycles. The molecular formula is C57H66Cl2SiZr-2. The maximum atomic E-state index is 2.49. The summed E-state index contributed by atoms with van der Waals surface area (Å²) in [4.78, 5) is 0. The van der Waals surface area contributed by atoms with Gasteiger partial charge in [0.2, 0.25) is 0 Å². The predicted octanol–water partition coefficient (Wildman–Crippen LogP) is 9.67.